The SMILES string of the molecule is CCC1COC(C)CN1CC1(OC)CCNCC1. The van der Waals surface area contributed by atoms with E-state index in [0.717, 1.165) is 52.0 Å². The smallest absolute Gasteiger partial charge is 0.0829 e. The summed E-state index contributed by atoms with van der Waals surface area (Å²) in [6.07, 6.45) is 3.74. The zero-order valence-corrected chi connectivity index (χ0v) is 12.1. The molecule has 0 radical (unpaired) electrons. The van der Waals surface area contributed by atoms with Gasteiger partial charge in [-0.05, 0) is 39.3 Å². The molecule has 0 saturated carbocycles. The lowest BCUT2D eigenvalue weighted by molar-refractivity contribution is -0.108. The fraction of sp³-hybridized carbons (Fsp3) is 1.00. The van der Waals surface area contributed by atoms with Gasteiger partial charge in [-0.15, -0.1) is 0 Å². The highest BCUT2D eigenvalue weighted by atomic mass is 16.5. The zero-order chi connectivity index (χ0) is 13.0. The molecule has 2 saturated heterocycles. The van der Waals surface area contributed by atoms with E-state index in [1.807, 2.05) is 7.11 Å². The number of hydrogen-bond donors (Lipinski definition) is 1. The summed E-state index contributed by atoms with van der Waals surface area (Å²) in [5.41, 5.74) is 0.0513. The predicted molar refractivity (Wildman–Crippen MR) is 72.9 cm³/mol. The maximum absolute atomic E-state index is 5.89. The highest BCUT2D eigenvalue weighted by Crippen LogP contribution is 2.26. The summed E-state index contributed by atoms with van der Waals surface area (Å²) in [5.74, 6) is 0. The van der Waals surface area contributed by atoms with Crippen LogP contribution in [0.3, 0.4) is 0 Å². The summed E-state index contributed by atoms with van der Waals surface area (Å²) in [7, 11) is 1.87. The Bertz CT molecular complexity index is 254. The van der Waals surface area contributed by atoms with Gasteiger partial charge in [-0.3, -0.25) is 4.90 Å². The van der Waals surface area contributed by atoms with Gasteiger partial charge in [-0.1, -0.05) is 6.92 Å². The first-order chi connectivity index (χ1) is 8.69. The first kappa shape index (κ1) is 14.3. The minimum Gasteiger partial charge on any atom is -0.377 e. The summed E-state index contributed by atoms with van der Waals surface area (Å²) in [4.78, 5) is 2.59. The second kappa shape index (κ2) is 6.33. The highest BCUT2D eigenvalue weighted by molar-refractivity contribution is 4.92. The summed E-state index contributed by atoms with van der Waals surface area (Å²) in [5, 5.41) is 3.42. The molecule has 0 aromatic rings. The maximum atomic E-state index is 5.89. The van der Waals surface area contributed by atoms with Crippen molar-refractivity contribution in [3.63, 3.8) is 0 Å². The van der Waals surface area contributed by atoms with Crippen LogP contribution in [0.2, 0.25) is 0 Å². The van der Waals surface area contributed by atoms with Crippen molar-refractivity contribution in [3.8, 4) is 0 Å². The lowest BCUT2D eigenvalue weighted by atomic mass is 9.90. The van der Waals surface area contributed by atoms with E-state index in [1.54, 1.807) is 0 Å². The van der Waals surface area contributed by atoms with Gasteiger partial charge in [-0.25, -0.2) is 0 Å². The van der Waals surface area contributed by atoms with E-state index in [2.05, 4.69) is 24.1 Å². The van der Waals surface area contributed by atoms with Crippen LogP contribution in [0, 0.1) is 0 Å². The minimum absolute atomic E-state index is 0.0513. The van der Waals surface area contributed by atoms with Crippen LogP contribution in [-0.4, -0.2) is 62.5 Å². The van der Waals surface area contributed by atoms with Crippen molar-refractivity contribution in [2.75, 3.05) is 39.9 Å². The normalized spacial score (nSPS) is 33.5. The van der Waals surface area contributed by atoms with Crippen LogP contribution in [0.4, 0.5) is 0 Å². The van der Waals surface area contributed by atoms with Gasteiger partial charge in [-0.2, -0.15) is 0 Å². The van der Waals surface area contributed by atoms with Gasteiger partial charge < -0.3 is 14.8 Å². The Kier molecular flexibility index (Phi) is 5.01. The van der Waals surface area contributed by atoms with E-state index in [9.17, 15) is 0 Å². The van der Waals surface area contributed by atoms with Gasteiger partial charge in [0.05, 0.1) is 18.3 Å². The Morgan fingerprint density at radius 2 is 2.11 bits per heavy atom. The summed E-state index contributed by atoms with van der Waals surface area (Å²) < 4.78 is 11.7. The second-order valence-electron chi connectivity index (χ2n) is 5.77. The molecule has 1 N–H and O–H groups in total. The van der Waals surface area contributed by atoms with Gasteiger partial charge in [0, 0.05) is 26.2 Å². The van der Waals surface area contributed by atoms with E-state index >= 15 is 0 Å². The Hall–Kier alpha value is -0.160. The molecule has 18 heavy (non-hydrogen) atoms. The first-order valence-electron chi connectivity index (χ1n) is 7.30. The highest BCUT2D eigenvalue weighted by Gasteiger charge is 2.37. The van der Waals surface area contributed by atoms with Crippen LogP contribution in [0.1, 0.15) is 33.1 Å². The molecule has 0 spiro atoms. The quantitative estimate of drug-likeness (QED) is 0.821. The monoisotopic (exact) mass is 256 g/mol. The molecule has 2 rings (SSSR count). The Balaban J connectivity index is 1.99. The standard InChI is InChI=1S/C14H28N2O2/c1-4-13-10-18-12(2)9-16(13)11-14(17-3)5-7-15-8-6-14/h12-13,15H,4-11H2,1-3H3. The molecule has 0 bridgehead atoms. The third-order valence-electron chi connectivity index (χ3n) is 4.49. The molecule has 0 aromatic carbocycles. The van der Waals surface area contributed by atoms with E-state index < -0.39 is 0 Å². The molecule has 4 heteroatoms. The minimum atomic E-state index is 0.0513. The third-order valence-corrected chi connectivity index (χ3v) is 4.49. The zero-order valence-electron chi connectivity index (χ0n) is 12.1. The molecule has 2 unspecified atom stereocenters. The fourth-order valence-corrected chi connectivity index (χ4v) is 3.16. The number of rotatable bonds is 4. The van der Waals surface area contributed by atoms with Crippen molar-refractivity contribution in [2.24, 2.45) is 0 Å². The van der Waals surface area contributed by atoms with Crippen molar-refractivity contribution in [1.29, 1.82) is 0 Å². The second-order valence-corrected chi connectivity index (χ2v) is 5.77. The van der Waals surface area contributed by atoms with Gasteiger partial charge in [0.15, 0.2) is 0 Å². The van der Waals surface area contributed by atoms with Gasteiger partial charge in [0.25, 0.3) is 0 Å². The average Bonchev–Trinajstić information content (AvgIpc) is 2.40. The number of morpholine rings is 1. The van der Waals surface area contributed by atoms with Crippen LogP contribution >= 0.6 is 0 Å². The Morgan fingerprint density at radius 3 is 2.72 bits per heavy atom. The Labute approximate surface area is 111 Å². The number of nitrogens with one attached hydrogen (secondary N) is 1. The Morgan fingerprint density at radius 1 is 1.39 bits per heavy atom. The predicted octanol–water partition coefficient (Wildman–Crippen LogP) is 1.25. The molecule has 4 nitrogen and oxygen atoms in total. The number of ether oxygens (including phenoxy) is 2. The largest absolute Gasteiger partial charge is 0.377 e. The van der Waals surface area contributed by atoms with Gasteiger partial charge >= 0.3 is 0 Å². The van der Waals surface area contributed by atoms with Gasteiger partial charge in [0.1, 0.15) is 0 Å². The van der Waals surface area contributed by atoms with Crippen LogP contribution in [-0.2, 0) is 9.47 Å². The molecule has 106 valence electrons. The van der Waals surface area contributed by atoms with Crippen molar-refractivity contribution in [2.45, 2.75) is 50.9 Å². The number of hydrogen-bond acceptors (Lipinski definition) is 4. The third kappa shape index (κ3) is 3.23. The number of methoxy groups -OCH3 is 1. The molecule has 2 atom stereocenters. The van der Waals surface area contributed by atoms with Crippen LogP contribution in [0.15, 0.2) is 0 Å². The van der Waals surface area contributed by atoms with Crippen LogP contribution in [0.5, 0.6) is 0 Å². The first-order valence-corrected chi connectivity index (χ1v) is 7.30. The van der Waals surface area contributed by atoms with Crippen LogP contribution in [0.25, 0.3) is 0 Å². The summed E-state index contributed by atoms with van der Waals surface area (Å²) in [6.45, 7) is 9.53. The van der Waals surface area contributed by atoms with Crippen molar-refractivity contribution in [1.82, 2.24) is 10.2 Å². The molecule has 2 fully saturated rings. The summed E-state index contributed by atoms with van der Waals surface area (Å²) in [6, 6.07) is 0.558. The van der Waals surface area contributed by atoms with E-state index in [-0.39, 0.29) is 5.60 Å². The molecular formula is C14H28N2O2. The van der Waals surface area contributed by atoms with Crippen molar-refractivity contribution in [3.05, 3.63) is 0 Å². The van der Waals surface area contributed by atoms with E-state index in [1.165, 1.54) is 0 Å². The molecule has 0 amide bonds. The van der Waals surface area contributed by atoms with Gasteiger partial charge in [0.2, 0.25) is 0 Å². The van der Waals surface area contributed by atoms with Crippen molar-refractivity contribution < 1.29 is 9.47 Å². The molecule has 2 heterocycles. The number of nitrogens with zero attached hydrogens (tertiary/aromatic N) is 1. The molecular weight excluding hydrogens is 228 g/mol. The lowest BCUT2D eigenvalue weighted by Gasteiger charge is -2.45. The van der Waals surface area contributed by atoms with E-state index in [4.69, 9.17) is 9.47 Å². The van der Waals surface area contributed by atoms with Crippen molar-refractivity contribution >= 4 is 0 Å². The average molecular weight is 256 g/mol. The summed E-state index contributed by atoms with van der Waals surface area (Å²) >= 11 is 0. The fourth-order valence-electron chi connectivity index (χ4n) is 3.16. The molecule has 0 aliphatic carbocycles. The maximum Gasteiger partial charge on any atom is 0.0829 e. The molecule has 2 aliphatic heterocycles. The molecule has 2 aliphatic rings. The lowest BCUT2D eigenvalue weighted by Crippen LogP contribution is -2.57. The molecule has 0 aromatic heterocycles. The number of piperidine rings is 1. The van der Waals surface area contributed by atoms with E-state index in [0.29, 0.717) is 12.1 Å². The topological polar surface area (TPSA) is 33.7 Å². The van der Waals surface area contributed by atoms with Crippen LogP contribution < -0.4 is 5.32 Å².